The van der Waals surface area contributed by atoms with E-state index in [0.29, 0.717) is 43.1 Å². The van der Waals surface area contributed by atoms with E-state index >= 15 is 0 Å². The molecule has 3 aromatic carbocycles. The number of fused-ring (bicyclic) bond motifs is 1. The number of hydrogen-bond donors (Lipinski definition) is 2. The molecule has 7 heteroatoms. The Morgan fingerprint density at radius 2 is 1.89 bits per heavy atom. The average molecular weight is 513 g/mol. The summed E-state index contributed by atoms with van der Waals surface area (Å²) in [4.78, 5) is 0. The topological polar surface area (TPSA) is 68.2 Å². The summed E-state index contributed by atoms with van der Waals surface area (Å²) in [6.07, 6.45) is 1.09. The normalized spacial score (nSPS) is 25.3. The first-order chi connectivity index (χ1) is 17.3. The van der Waals surface area contributed by atoms with E-state index in [0.717, 1.165) is 28.0 Å². The number of benzene rings is 3. The lowest BCUT2D eigenvalue weighted by Gasteiger charge is -2.32. The van der Waals surface area contributed by atoms with Crippen LogP contribution in [0.3, 0.4) is 0 Å². The Kier molecular flexibility index (Phi) is 7.22. The van der Waals surface area contributed by atoms with Crippen LogP contribution < -0.4 is 9.47 Å². The maximum atomic E-state index is 13.5. The monoisotopic (exact) mass is 512 g/mol. The van der Waals surface area contributed by atoms with Crippen LogP contribution in [0.1, 0.15) is 48.1 Å². The van der Waals surface area contributed by atoms with Gasteiger partial charge in [0.15, 0.2) is 0 Å². The first kappa shape index (κ1) is 25.0. The van der Waals surface area contributed by atoms with E-state index < -0.39 is 11.7 Å². The molecule has 4 atom stereocenters. The highest BCUT2D eigenvalue weighted by atomic mass is 35.5. The third-order valence-electron chi connectivity index (χ3n) is 6.84. The van der Waals surface area contributed by atoms with Crippen LogP contribution in [0.25, 0.3) is 0 Å². The van der Waals surface area contributed by atoms with Crippen LogP contribution in [-0.4, -0.2) is 41.2 Å². The third kappa shape index (κ3) is 5.68. The molecule has 0 radical (unpaired) electrons. The first-order valence-electron chi connectivity index (χ1n) is 12.2. The summed E-state index contributed by atoms with van der Waals surface area (Å²) in [6.45, 7) is 2.20. The minimum Gasteiger partial charge on any atom is -0.489 e. The Hall–Kier alpha value is -2.64. The van der Waals surface area contributed by atoms with Gasteiger partial charge < -0.3 is 24.4 Å². The zero-order valence-electron chi connectivity index (χ0n) is 20.1. The number of aliphatic hydroxyl groups excluding tert-OH is 2. The first-order valence-corrected chi connectivity index (χ1v) is 12.6. The van der Waals surface area contributed by atoms with Gasteiger partial charge in [0.2, 0.25) is 0 Å². The molecule has 0 amide bonds. The maximum Gasteiger partial charge on any atom is 0.144 e. The van der Waals surface area contributed by atoms with Crippen molar-refractivity contribution in [1.29, 1.82) is 0 Å². The molecule has 0 saturated carbocycles. The molecule has 5 nitrogen and oxygen atoms in total. The predicted octanol–water partition coefficient (Wildman–Crippen LogP) is 5.42. The molecule has 2 N–H and O–H groups in total. The standard InChI is InChI=1S/C29H30ClFO5/c1-29(15-20-4-6-22(31)12-28(20)36-29)17-34-24-7-2-18(3-8-24)10-21-11-19(5-9-26(21)30)27-14-23(33)13-25(16-32)35-27/h2-9,11-12,23,25,27,32-33H,10,13-17H2,1H3. The fraction of sp³-hybridized carbons (Fsp3) is 0.379. The second kappa shape index (κ2) is 10.4. The van der Waals surface area contributed by atoms with Crippen LogP contribution in [0.15, 0.2) is 60.7 Å². The van der Waals surface area contributed by atoms with E-state index in [1.807, 2.05) is 49.4 Å². The van der Waals surface area contributed by atoms with Crippen LogP contribution in [0, 0.1) is 5.82 Å². The Morgan fingerprint density at radius 1 is 1.08 bits per heavy atom. The number of ether oxygens (including phenoxy) is 3. The number of hydrogen-bond acceptors (Lipinski definition) is 5. The van der Waals surface area contributed by atoms with Crippen LogP contribution in [0.4, 0.5) is 4.39 Å². The summed E-state index contributed by atoms with van der Waals surface area (Å²) >= 11 is 6.49. The van der Waals surface area contributed by atoms with Gasteiger partial charge in [0.1, 0.15) is 29.5 Å². The van der Waals surface area contributed by atoms with Crippen molar-refractivity contribution in [3.8, 4) is 11.5 Å². The largest absolute Gasteiger partial charge is 0.489 e. The molecule has 190 valence electrons. The summed E-state index contributed by atoms with van der Waals surface area (Å²) < 4.78 is 31.4. The highest BCUT2D eigenvalue weighted by molar-refractivity contribution is 6.31. The molecule has 36 heavy (non-hydrogen) atoms. The van der Waals surface area contributed by atoms with Gasteiger partial charge in [-0.1, -0.05) is 41.9 Å². The second-order valence-electron chi connectivity index (χ2n) is 10.00. The molecule has 1 saturated heterocycles. The van der Waals surface area contributed by atoms with Crippen molar-refractivity contribution in [2.45, 2.75) is 56.5 Å². The molecule has 5 rings (SSSR count). The zero-order valence-corrected chi connectivity index (χ0v) is 20.9. The van der Waals surface area contributed by atoms with E-state index in [1.165, 1.54) is 12.1 Å². The molecule has 0 spiro atoms. The smallest absolute Gasteiger partial charge is 0.144 e. The van der Waals surface area contributed by atoms with Gasteiger partial charge in [-0.25, -0.2) is 4.39 Å². The van der Waals surface area contributed by atoms with Crippen LogP contribution in [0.2, 0.25) is 5.02 Å². The minimum absolute atomic E-state index is 0.112. The lowest BCUT2D eigenvalue weighted by Crippen LogP contribution is -2.37. The van der Waals surface area contributed by atoms with E-state index in [4.69, 9.17) is 25.8 Å². The van der Waals surface area contributed by atoms with Gasteiger partial charge in [0, 0.05) is 30.4 Å². The Bertz CT molecular complexity index is 1220. The predicted molar refractivity (Wildman–Crippen MR) is 135 cm³/mol. The van der Waals surface area contributed by atoms with Crippen LogP contribution in [0.5, 0.6) is 11.5 Å². The molecule has 0 aliphatic carbocycles. The van der Waals surface area contributed by atoms with Gasteiger partial charge in [0.25, 0.3) is 0 Å². The summed E-state index contributed by atoms with van der Waals surface area (Å²) in [6, 6.07) is 18.3. The van der Waals surface area contributed by atoms with Crippen LogP contribution >= 0.6 is 11.6 Å². The Labute approximate surface area is 215 Å². The van der Waals surface area contributed by atoms with Crippen molar-refractivity contribution in [2.75, 3.05) is 13.2 Å². The van der Waals surface area contributed by atoms with Crippen LogP contribution in [-0.2, 0) is 17.6 Å². The van der Waals surface area contributed by atoms with Crippen molar-refractivity contribution in [3.63, 3.8) is 0 Å². The van der Waals surface area contributed by atoms with E-state index in [2.05, 4.69) is 0 Å². The van der Waals surface area contributed by atoms with Gasteiger partial charge in [-0.2, -0.15) is 0 Å². The molecule has 0 aromatic heterocycles. The highest BCUT2D eigenvalue weighted by Crippen LogP contribution is 2.36. The average Bonchev–Trinajstić information content (AvgIpc) is 3.20. The summed E-state index contributed by atoms with van der Waals surface area (Å²) in [7, 11) is 0. The van der Waals surface area contributed by atoms with Gasteiger partial charge in [-0.15, -0.1) is 0 Å². The molecule has 2 aliphatic rings. The lowest BCUT2D eigenvalue weighted by molar-refractivity contribution is -0.113. The molecule has 2 aliphatic heterocycles. The molecule has 4 unspecified atom stereocenters. The summed E-state index contributed by atoms with van der Waals surface area (Å²) in [5.74, 6) is 0.999. The second-order valence-corrected chi connectivity index (χ2v) is 10.4. The number of aliphatic hydroxyl groups is 2. The molecule has 1 fully saturated rings. The van der Waals surface area contributed by atoms with E-state index in [-0.39, 0.29) is 24.6 Å². The SMILES string of the molecule is CC1(COc2ccc(Cc3cc(C4CC(O)CC(CO)O4)ccc3Cl)cc2)Cc2ccc(F)cc2O1. The zero-order chi connectivity index (χ0) is 25.3. The minimum atomic E-state index is -0.549. The summed E-state index contributed by atoms with van der Waals surface area (Å²) in [5, 5.41) is 20.3. The summed E-state index contributed by atoms with van der Waals surface area (Å²) in [5.41, 5.74) is 3.41. The van der Waals surface area contributed by atoms with Gasteiger partial charge in [-0.05, 0) is 59.9 Å². The Morgan fingerprint density at radius 3 is 2.67 bits per heavy atom. The van der Waals surface area contributed by atoms with E-state index in [1.54, 1.807) is 6.07 Å². The molecular formula is C29H30ClFO5. The lowest BCUT2D eigenvalue weighted by atomic mass is 9.94. The highest BCUT2D eigenvalue weighted by Gasteiger charge is 2.36. The van der Waals surface area contributed by atoms with Crippen molar-refractivity contribution in [1.82, 2.24) is 0 Å². The van der Waals surface area contributed by atoms with Crippen molar-refractivity contribution < 1.29 is 28.8 Å². The fourth-order valence-corrected chi connectivity index (χ4v) is 5.15. The fourth-order valence-electron chi connectivity index (χ4n) is 4.97. The number of halogens is 2. The van der Waals surface area contributed by atoms with E-state index in [9.17, 15) is 14.6 Å². The quantitative estimate of drug-likeness (QED) is 0.442. The maximum absolute atomic E-state index is 13.5. The number of rotatable bonds is 7. The van der Waals surface area contributed by atoms with Crippen molar-refractivity contribution in [3.05, 3.63) is 93.8 Å². The molecule has 3 aromatic rings. The molecule has 0 bridgehead atoms. The van der Waals surface area contributed by atoms with Gasteiger partial charge in [-0.3, -0.25) is 0 Å². The van der Waals surface area contributed by atoms with Gasteiger partial charge in [0.05, 0.1) is 24.9 Å². The van der Waals surface area contributed by atoms with Crippen molar-refractivity contribution >= 4 is 11.6 Å². The molecular weight excluding hydrogens is 483 g/mol. The Balaban J connectivity index is 1.21. The van der Waals surface area contributed by atoms with Crippen molar-refractivity contribution in [2.24, 2.45) is 0 Å². The third-order valence-corrected chi connectivity index (χ3v) is 7.20. The van der Waals surface area contributed by atoms with Gasteiger partial charge >= 0.3 is 0 Å². The molecule has 2 heterocycles.